The Morgan fingerprint density at radius 2 is 1.42 bits per heavy atom. The van der Waals surface area contributed by atoms with Crippen LogP contribution in [0.4, 0.5) is 0 Å². The summed E-state index contributed by atoms with van der Waals surface area (Å²) in [6.07, 6.45) is 3.02. The molecule has 4 nitrogen and oxygen atoms in total. The minimum atomic E-state index is 0.471. The highest BCUT2D eigenvalue weighted by molar-refractivity contribution is 8.51. The van der Waals surface area contributed by atoms with Gasteiger partial charge in [0.05, 0.1) is 31.6 Å². The van der Waals surface area contributed by atoms with Crippen molar-refractivity contribution < 1.29 is 0 Å². The minimum Gasteiger partial charge on any atom is -0.332 e. The lowest BCUT2D eigenvalue weighted by atomic mass is 10.1. The molecule has 0 saturated carbocycles. The molecule has 3 aliphatic rings. The predicted octanol–water partition coefficient (Wildman–Crippen LogP) is 5.60. The Bertz CT molecular complexity index is 1200. The van der Waals surface area contributed by atoms with Crippen LogP contribution in [0.1, 0.15) is 38.8 Å². The Kier molecular flexibility index (Phi) is 6.67. The third-order valence-electron chi connectivity index (χ3n) is 5.77. The van der Waals surface area contributed by atoms with Gasteiger partial charge in [-0.3, -0.25) is 0 Å². The standard InChI is InChI=1S/C22H24N4S5/c1-7-14-15(8-2)17(27-16(14)13(9-23)10-24)19-28-21-22(29-19)31-20(30-21)18-25(5)11(3)12(4)26(18)6/h9,23H,7-8H2,1-6H3/b16-13+,23-9?. The average molecular weight is 505 g/mol. The van der Waals surface area contributed by atoms with Crippen LogP contribution < -0.4 is 9.06 Å². The van der Waals surface area contributed by atoms with Crippen molar-refractivity contribution in [3.8, 4) is 6.07 Å². The maximum absolute atomic E-state index is 9.50. The van der Waals surface area contributed by atoms with Crippen LogP contribution in [0, 0.1) is 16.7 Å². The molecule has 4 heterocycles. The van der Waals surface area contributed by atoms with E-state index in [1.807, 2.05) is 47.0 Å². The molecule has 9 heteroatoms. The molecule has 1 aromatic rings. The van der Waals surface area contributed by atoms with Gasteiger partial charge < -0.3 is 15.2 Å². The van der Waals surface area contributed by atoms with Crippen molar-refractivity contribution in [2.24, 2.45) is 0 Å². The first-order valence-corrected chi connectivity index (χ1v) is 14.1. The Balaban J connectivity index is 1.72. The van der Waals surface area contributed by atoms with E-state index in [4.69, 9.17) is 5.41 Å². The molecule has 0 fully saturated rings. The molecule has 0 aromatic carbocycles. The normalized spacial score (nSPS) is 19.7. The van der Waals surface area contributed by atoms with Crippen LogP contribution in [0.3, 0.4) is 0 Å². The van der Waals surface area contributed by atoms with E-state index in [0.29, 0.717) is 5.57 Å². The molecule has 0 bridgehead atoms. The van der Waals surface area contributed by atoms with Crippen LogP contribution in [0.25, 0.3) is 9.81 Å². The molecule has 1 N–H and O–H groups in total. The Labute approximate surface area is 204 Å². The fourth-order valence-electron chi connectivity index (χ4n) is 3.85. The molecule has 162 valence electrons. The molecule has 0 amide bonds. The summed E-state index contributed by atoms with van der Waals surface area (Å²) >= 11 is 9.18. The molecule has 1 aromatic heterocycles. The van der Waals surface area contributed by atoms with Crippen LogP contribution in [0.2, 0.25) is 0 Å². The fraction of sp³-hybridized carbons (Fsp3) is 0.364. The zero-order valence-electron chi connectivity index (χ0n) is 18.4. The van der Waals surface area contributed by atoms with Crippen molar-refractivity contribution in [3.05, 3.63) is 50.1 Å². The number of thioether (sulfide) groups is 4. The lowest BCUT2D eigenvalue weighted by molar-refractivity contribution is 0.423. The number of hydrogen-bond donors (Lipinski definition) is 1. The van der Waals surface area contributed by atoms with E-state index in [0.717, 1.165) is 17.4 Å². The summed E-state index contributed by atoms with van der Waals surface area (Å²) < 4.78 is 7.64. The van der Waals surface area contributed by atoms with E-state index >= 15 is 0 Å². The van der Waals surface area contributed by atoms with E-state index in [9.17, 15) is 5.26 Å². The number of thiophene rings is 1. The molecule has 31 heavy (non-hydrogen) atoms. The Hall–Kier alpha value is -1.18. The van der Waals surface area contributed by atoms with Crippen molar-refractivity contribution in [3.63, 3.8) is 0 Å². The zero-order chi connectivity index (χ0) is 22.4. The van der Waals surface area contributed by atoms with Gasteiger partial charge >= 0.3 is 0 Å². The highest BCUT2D eigenvalue weighted by Gasteiger charge is 2.36. The molecular formula is C22H24N4S5. The predicted molar refractivity (Wildman–Crippen MR) is 142 cm³/mol. The molecule has 0 radical (unpaired) electrons. The Morgan fingerprint density at radius 3 is 1.87 bits per heavy atom. The number of nitriles is 1. The quantitative estimate of drug-likeness (QED) is 0.537. The number of nitrogens with zero attached hydrogens (tertiary/aromatic N) is 3. The smallest absolute Gasteiger partial charge is 0.133 e. The molecular weight excluding hydrogens is 481 g/mol. The second kappa shape index (κ2) is 8.99. The molecule has 3 aliphatic heterocycles. The van der Waals surface area contributed by atoms with Gasteiger partial charge in [-0.2, -0.15) is 5.26 Å². The largest absolute Gasteiger partial charge is 0.332 e. The lowest BCUT2D eigenvalue weighted by Crippen LogP contribution is -2.19. The van der Waals surface area contributed by atoms with Gasteiger partial charge in [-0.25, -0.2) is 0 Å². The monoisotopic (exact) mass is 504 g/mol. The third kappa shape index (κ3) is 3.70. The SMILES string of the molecule is CCc1c(CC)/c(=C(\C#N)C=N)sc1=C1SC2=C(SC(=C3N(C)C(C)=C(C)N3C)S2)S1. The van der Waals surface area contributed by atoms with E-state index in [1.54, 1.807) is 11.3 Å². The van der Waals surface area contributed by atoms with Gasteiger partial charge in [0, 0.05) is 31.7 Å². The van der Waals surface area contributed by atoms with Gasteiger partial charge in [0.15, 0.2) is 0 Å². The number of hydrogen-bond acceptors (Lipinski definition) is 9. The molecule has 0 spiro atoms. The first-order valence-electron chi connectivity index (χ1n) is 10.0. The fourth-order valence-corrected chi connectivity index (χ4v) is 12.1. The summed E-state index contributed by atoms with van der Waals surface area (Å²) in [5.74, 6) is 1.27. The lowest BCUT2D eigenvalue weighted by Gasteiger charge is -2.22. The van der Waals surface area contributed by atoms with Crippen LogP contribution in [0.5, 0.6) is 0 Å². The summed E-state index contributed by atoms with van der Waals surface area (Å²) in [4.78, 5) is 4.58. The first-order chi connectivity index (χ1) is 14.9. The second-order valence-corrected chi connectivity index (χ2v) is 13.4. The van der Waals surface area contributed by atoms with Gasteiger partial charge in [-0.1, -0.05) is 60.9 Å². The van der Waals surface area contributed by atoms with Gasteiger partial charge in [0.1, 0.15) is 11.9 Å². The highest BCUT2D eigenvalue weighted by atomic mass is 32.3. The summed E-state index contributed by atoms with van der Waals surface area (Å²) in [5.41, 5.74) is 5.64. The number of rotatable bonds is 3. The van der Waals surface area contributed by atoms with Gasteiger partial charge in [0.2, 0.25) is 0 Å². The zero-order valence-corrected chi connectivity index (χ0v) is 22.5. The highest BCUT2D eigenvalue weighted by Crippen LogP contribution is 2.68. The number of allylic oxidation sites excluding steroid dienone is 2. The molecule has 0 aliphatic carbocycles. The van der Waals surface area contributed by atoms with Gasteiger partial charge in [-0.15, -0.1) is 11.3 Å². The first kappa shape index (κ1) is 23.0. The minimum absolute atomic E-state index is 0.471. The maximum Gasteiger partial charge on any atom is 0.133 e. The third-order valence-corrected chi connectivity index (χ3v) is 12.9. The summed E-state index contributed by atoms with van der Waals surface area (Å²) in [6.45, 7) is 8.67. The average Bonchev–Trinajstić information content (AvgIpc) is 3.47. The Morgan fingerprint density at radius 1 is 0.903 bits per heavy atom. The van der Waals surface area contributed by atoms with Crippen molar-refractivity contribution in [2.75, 3.05) is 14.1 Å². The van der Waals surface area contributed by atoms with Gasteiger partial charge in [-0.05, 0) is 37.8 Å². The van der Waals surface area contributed by atoms with Crippen LogP contribution in [-0.4, -0.2) is 30.1 Å². The molecule has 4 rings (SSSR count). The van der Waals surface area contributed by atoms with Crippen molar-refractivity contribution >= 4 is 74.4 Å². The summed E-state index contributed by atoms with van der Waals surface area (Å²) in [5, 5.41) is 17.2. The maximum atomic E-state index is 9.50. The summed E-state index contributed by atoms with van der Waals surface area (Å²) in [6, 6.07) is 2.21. The van der Waals surface area contributed by atoms with E-state index in [2.05, 4.69) is 57.7 Å². The van der Waals surface area contributed by atoms with Crippen molar-refractivity contribution in [1.29, 1.82) is 10.7 Å². The number of nitrogens with one attached hydrogen (secondary N) is 1. The van der Waals surface area contributed by atoms with Crippen LogP contribution >= 0.6 is 58.4 Å². The van der Waals surface area contributed by atoms with Crippen molar-refractivity contribution in [2.45, 2.75) is 40.5 Å². The van der Waals surface area contributed by atoms with Crippen molar-refractivity contribution in [1.82, 2.24) is 9.80 Å². The summed E-state index contributed by atoms with van der Waals surface area (Å²) in [7, 11) is 4.29. The van der Waals surface area contributed by atoms with Crippen LogP contribution in [0.15, 0.2) is 29.9 Å². The van der Waals surface area contributed by atoms with E-state index in [-0.39, 0.29) is 0 Å². The van der Waals surface area contributed by atoms with Gasteiger partial charge in [0.25, 0.3) is 0 Å². The van der Waals surface area contributed by atoms with E-state index in [1.165, 1.54) is 56.0 Å². The molecule has 0 atom stereocenters. The molecule has 0 saturated heterocycles. The molecule has 0 unspecified atom stereocenters. The van der Waals surface area contributed by atoms with E-state index < -0.39 is 0 Å². The topological polar surface area (TPSA) is 54.1 Å². The second-order valence-electron chi connectivity index (χ2n) is 7.26. The van der Waals surface area contributed by atoms with Crippen LogP contribution in [-0.2, 0) is 12.8 Å².